The predicted octanol–water partition coefficient (Wildman–Crippen LogP) is 4.26. The third-order valence-corrected chi connectivity index (χ3v) is 4.82. The van der Waals surface area contributed by atoms with E-state index in [1.165, 1.54) is 0 Å². The van der Waals surface area contributed by atoms with Gasteiger partial charge >= 0.3 is 6.09 Å². The van der Waals surface area contributed by atoms with Crippen molar-refractivity contribution < 1.29 is 14.3 Å². The molecule has 7 nitrogen and oxygen atoms in total. The summed E-state index contributed by atoms with van der Waals surface area (Å²) in [6.07, 6.45) is 0.144. The number of aromatic amines is 1. The zero-order chi connectivity index (χ0) is 19.8. The van der Waals surface area contributed by atoms with E-state index in [4.69, 9.17) is 27.9 Å². The molecule has 2 amide bonds. The maximum absolute atomic E-state index is 12.7. The van der Waals surface area contributed by atoms with Crippen LogP contribution in [0.25, 0.3) is 0 Å². The van der Waals surface area contributed by atoms with Gasteiger partial charge in [-0.2, -0.15) is 5.10 Å². The molecule has 1 aromatic carbocycles. The molecule has 0 fully saturated rings. The van der Waals surface area contributed by atoms with Gasteiger partial charge in [-0.3, -0.25) is 9.89 Å². The number of aromatic nitrogens is 2. The summed E-state index contributed by atoms with van der Waals surface area (Å²) in [4.78, 5) is 26.6. The number of rotatable bonds is 2. The van der Waals surface area contributed by atoms with E-state index in [2.05, 4.69) is 15.5 Å². The van der Waals surface area contributed by atoms with Crippen LogP contribution in [0.2, 0.25) is 10.0 Å². The Balaban J connectivity index is 1.78. The molecule has 1 aliphatic heterocycles. The van der Waals surface area contributed by atoms with Crippen molar-refractivity contribution in [1.29, 1.82) is 0 Å². The van der Waals surface area contributed by atoms with Crippen molar-refractivity contribution in [3.63, 3.8) is 0 Å². The molecule has 27 heavy (non-hydrogen) atoms. The van der Waals surface area contributed by atoms with Crippen LogP contribution in [0.3, 0.4) is 0 Å². The maximum Gasteiger partial charge on any atom is 0.410 e. The SMILES string of the molecule is CC(C)(C)OC(=O)N1CCc2[nH]nc(C(=O)Nc3cccc(Cl)c3Cl)c2C1. The lowest BCUT2D eigenvalue weighted by atomic mass is 10.1. The first kappa shape index (κ1) is 19.5. The van der Waals surface area contributed by atoms with E-state index in [1.807, 2.05) is 20.8 Å². The highest BCUT2D eigenvalue weighted by atomic mass is 35.5. The van der Waals surface area contributed by atoms with E-state index in [1.54, 1.807) is 23.1 Å². The first-order valence-electron chi connectivity index (χ1n) is 8.45. The second-order valence-corrected chi connectivity index (χ2v) is 8.02. The molecule has 0 radical (unpaired) electrons. The molecule has 0 spiro atoms. The molecule has 2 aromatic rings. The fourth-order valence-electron chi connectivity index (χ4n) is 2.75. The molecule has 0 bridgehead atoms. The normalized spacial score (nSPS) is 13.9. The Hall–Kier alpha value is -2.25. The van der Waals surface area contributed by atoms with Gasteiger partial charge in [0.25, 0.3) is 5.91 Å². The molecule has 0 saturated carbocycles. The lowest BCUT2D eigenvalue weighted by Gasteiger charge is -2.30. The Morgan fingerprint density at radius 1 is 1.30 bits per heavy atom. The zero-order valence-electron chi connectivity index (χ0n) is 15.2. The van der Waals surface area contributed by atoms with Crippen LogP contribution in [-0.2, 0) is 17.7 Å². The number of hydrogen-bond acceptors (Lipinski definition) is 4. The first-order chi connectivity index (χ1) is 12.7. The van der Waals surface area contributed by atoms with Crippen LogP contribution >= 0.6 is 23.2 Å². The fourth-order valence-corrected chi connectivity index (χ4v) is 3.09. The standard InChI is InChI=1S/C18H20Cl2N4O3/c1-18(2,3)27-17(26)24-8-7-12-10(9-24)15(23-22-12)16(25)21-13-6-4-5-11(19)14(13)20/h4-6H,7-9H2,1-3H3,(H,21,25)(H,22,23). The Morgan fingerprint density at radius 3 is 2.74 bits per heavy atom. The van der Waals surface area contributed by atoms with Crippen molar-refractivity contribution in [3.8, 4) is 0 Å². The molecular weight excluding hydrogens is 391 g/mol. The summed E-state index contributed by atoms with van der Waals surface area (Å²) in [5, 5.41) is 10.3. The number of hydrogen-bond donors (Lipinski definition) is 2. The summed E-state index contributed by atoms with van der Waals surface area (Å²) in [5.74, 6) is -0.428. The van der Waals surface area contributed by atoms with Gasteiger partial charge in [0.1, 0.15) is 5.60 Å². The number of fused-ring (bicyclic) bond motifs is 1. The van der Waals surface area contributed by atoms with E-state index in [-0.39, 0.29) is 17.3 Å². The predicted molar refractivity (Wildman–Crippen MR) is 103 cm³/mol. The van der Waals surface area contributed by atoms with Gasteiger partial charge < -0.3 is 15.0 Å². The minimum absolute atomic E-state index is 0.217. The maximum atomic E-state index is 12.7. The van der Waals surface area contributed by atoms with E-state index in [9.17, 15) is 9.59 Å². The number of nitrogens with one attached hydrogen (secondary N) is 2. The molecule has 9 heteroatoms. The number of nitrogens with zero attached hydrogens (tertiary/aromatic N) is 2. The van der Waals surface area contributed by atoms with Gasteiger partial charge in [-0.05, 0) is 32.9 Å². The van der Waals surface area contributed by atoms with Crippen LogP contribution in [0.1, 0.15) is 42.5 Å². The van der Waals surface area contributed by atoms with E-state index in [0.717, 1.165) is 5.69 Å². The van der Waals surface area contributed by atoms with Crippen LogP contribution < -0.4 is 5.32 Å². The summed E-state index contributed by atoms with van der Waals surface area (Å²) < 4.78 is 5.42. The highest BCUT2D eigenvalue weighted by Crippen LogP contribution is 2.30. The minimum atomic E-state index is -0.586. The van der Waals surface area contributed by atoms with Gasteiger partial charge in [0.2, 0.25) is 0 Å². The molecule has 3 rings (SSSR count). The number of H-pyrrole nitrogens is 1. The number of ether oxygens (including phenoxy) is 1. The van der Waals surface area contributed by atoms with Gasteiger partial charge in [0.05, 0.1) is 22.3 Å². The van der Waals surface area contributed by atoms with Gasteiger partial charge in [-0.1, -0.05) is 29.3 Å². The molecule has 0 saturated heterocycles. The Morgan fingerprint density at radius 2 is 2.04 bits per heavy atom. The van der Waals surface area contributed by atoms with Crippen LogP contribution in [0.15, 0.2) is 18.2 Å². The zero-order valence-corrected chi connectivity index (χ0v) is 16.7. The summed E-state index contributed by atoms with van der Waals surface area (Å²) in [6, 6.07) is 4.97. The lowest BCUT2D eigenvalue weighted by Crippen LogP contribution is -2.40. The molecule has 144 valence electrons. The summed E-state index contributed by atoms with van der Waals surface area (Å²) in [7, 11) is 0. The average Bonchev–Trinajstić information content (AvgIpc) is 3.00. The Kier molecular flexibility index (Phi) is 5.35. The topological polar surface area (TPSA) is 87.3 Å². The Labute approximate surface area is 167 Å². The first-order valence-corrected chi connectivity index (χ1v) is 9.20. The molecule has 0 atom stereocenters. The largest absolute Gasteiger partial charge is 0.444 e. The molecular formula is C18H20Cl2N4O3. The summed E-state index contributed by atoms with van der Waals surface area (Å²) >= 11 is 12.1. The van der Waals surface area contributed by atoms with Crippen LogP contribution in [0.4, 0.5) is 10.5 Å². The fraction of sp³-hybridized carbons (Fsp3) is 0.389. The van der Waals surface area contributed by atoms with Crippen LogP contribution in [0, 0.1) is 0 Å². The lowest BCUT2D eigenvalue weighted by molar-refractivity contribution is 0.0222. The summed E-state index contributed by atoms with van der Waals surface area (Å²) in [6.45, 7) is 6.17. The molecule has 0 unspecified atom stereocenters. The van der Waals surface area contributed by atoms with E-state index < -0.39 is 17.6 Å². The number of benzene rings is 1. The second-order valence-electron chi connectivity index (χ2n) is 7.24. The second kappa shape index (κ2) is 7.40. The van der Waals surface area contributed by atoms with Crippen molar-refractivity contribution in [2.45, 2.75) is 39.3 Å². The van der Waals surface area contributed by atoms with Crippen molar-refractivity contribution in [3.05, 3.63) is 45.2 Å². The van der Waals surface area contributed by atoms with E-state index in [0.29, 0.717) is 29.2 Å². The van der Waals surface area contributed by atoms with Gasteiger partial charge in [-0.15, -0.1) is 0 Å². The number of amides is 2. The number of halogens is 2. The monoisotopic (exact) mass is 410 g/mol. The summed E-state index contributed by atoms with van der Waals surface area (Å²) in [5.41, 5.74) is 1.53. The molecule has 1 aromatic heterocycles. The van der Waals surface area contributed by atoms with Crippen LogP contribution in [0.5, 0.6) is 0 Å². The molecule has 2 heterocycles. The minimum Gasteiger partial charge on any atom is -0.444 e. The third-order valence-electron chi connectivity index (χ3n) is 4.00. The highest BCUT2D eigenvalue weighted by Gasteiger charge is 2.30. The van der Waals surface area contributed by atoms with E-state index >= 15 is 0 Å². The molecule has 0 aliphatic carbocycles. The average molecular weight is 411 g/mol. The van der Waals surface area contributed by atoms with Crippen molar-refractivity contribution in [2.24, 2.45) is 0 Å². The van der Waals surface area contributed by atoms with Crippen molar-refractivity contribution in [2.75, 3.05) is 11.9 Å². The quantitative estimate of drug-likeness (QED) is 0.773. The van der Waals surface area contributed by atoms with Gasteiger partial charge in [0, 0.05) is 24.2 Å². The van der Waals surface area contributed by atoms with Gasteiger partial charge in [-0.25, -0.2) is 4.79 Å². The highest BCUT2D eigenvalue weighted by molar-refractivity contribution is 6.44. The van der Waals surface area contributed by atoms with Gasteiger partial charge in [0.15, 0.2) is 5.69 Å². The Bertz CT molecular complexity index is 889. The third kappa shape index (κ3) is 4.36. The molecule has 1 aliphatic rings. The van der Waals surface area contributed by atoms with Crippen molar-refractivity contribution >= 4 is 40.9 Å². The van der Waals surface area contributed by atoms with Crippen molar-refractivity contribution in [1.82, 2.24) is 15.1 Å². The number of carbonyl (C=O) groups excluding carboxylic acids is 2. The molecule has 2 N–H and O–H groups in total. The number of carbonyl (C=O) groups is 2. The smallest absolute Gasteiger partial charge is 0.410 e. The number of anilines is 1. The van der Waals surface area contributed by atoms with Crippen LogP contribution in [-0.4, -0.2) is 39.2 Å².